The number of carbonyl (C=O) groups is 1. The van der Waals surface area contributed by atoms with Crippen molar-refractivity contribution in [3.05, 3.63) is 48.4 Å². The molecule has 0 radical (unpaired) electrons. The number of nitrogens with zero attached hydrogens (tertiary/aromatic N) is 5. The number of rotatable bonds is 6. The molecule has 26 heavy (non-hydrogen) atoms. The summed E-state index contributed by atoms with van der Waals surface area (Å²) in [6, 6.07) is 3.76. The fraction of sp³-hybridized carbons (Fsp3) is 0.421. The van der Waals surface area contributed by atoms with E-state index in [9.17, 15) is 4.79 Å². The molecule has 136 valence electrons. The number of nitrogens with one attached hydrogen (secondary N) is 1. The molecule has 0 fully saturated rings. The molecule has 0 saturated carbocycles. The Labute approximate surface area is 152 Å². The molecular formula is C19H24N6O. The number of fused-ring (bicyclic) bond motifs is 1. The Morgan fingerprint density at radius 2 is 1.96 bits per heavy atom. The summed E-state index contributed by atoms with van der Waals surface area (Å²) in [6.45, 7) is 8.44. The zero-order valence-electron chi connectivity index (χ0n) is 15.5. The van der Waals surface area contributed by atoms with Crippen molar-refractivity contribution in [2.75, 3.05) is 0 Å². The molecule has 3 aromatic rings. The zero-order chi connectivity index (χ0) is 18.7. The summed E-state index contributed by atoms with van der Waals surface area (Å²) in [5.74, 6) is 0.953. The molecule has 0 spiro atoms. The molecular weight excluding hydrogens is 328 g/mol. The number of hydrogen-bond donors (Lipinski definition) is 1. The highest BCUT2D eigenvalue weighted by Gasteiger charge is 2.25. The first-order chi connectivity index (χ1) is 12.5. The Hall–Kier alpha value is -2.83. The molecule has 3 aromatic heterocycles. The van der Waals surface area contributed by atoms with E-state index in [2.05, 4.69) is 52.5 Å². The van der Waals surface area contributed by atoms with Crippen LogP contribution in [0.15, 0.2) is 36.9 Å². The van der Waals surface area contributed by atoms with Gasteiger partial charge in [0.05, 0.1) is 12.2 Å². The van der Waals surface area contributed by atoms with Crippen molar-refractivity contribution in [2.24, 2.45) is 5.92 Å². The van der Waals surface area contributed by atoms with Crippen LogP contribution in [0.4, 0.5) is 0 Å². The fourth-order valence-electron chi connectivity index (χ4n) is 3.05. The molecule has 0 aromatic carbocycles. The van der Waals surface area contributed by atoms with Crippen LogP contribution in [0.2, 0.25) is 0 Å². The van der Waals surface area contributed by atoms with Gasteiger partial charge in [-0.2, -0.15) is 0 Å². The fourth-order valence-corrected chi connectivity index (χ4v) is 3.05. The van der Waals surface area contributed by atoms with E-state index in [-0.39, 0.29) is 18.0 Å². The SMILES string of the molecule is CC(C)C[C@H](NC(=O)c1cnccn1)c1nc2cccnc2n1C(C)C. The third-order valence-electron chi connectivity index (χ3n) is 4.11. The number of aromatic nitrogens is 5. The number of pyridine rings is 1. The van der Waals surface area contributed by atoms with Crippen LogP contribution in [0.3, 0.4) is 0 Å². The van der Waals surface area contributed by atoms with Crippen LogP contribution >= 0.6 is 0 Å². The Bertz CT molecular complexity index is 887. The zero-order valence-corrected chi connectivity index (χ0v) is 15.5. The smallest absolute Gasteiger partial charge is 0.272 e. The third kappa shape index (κ3) is 3.71. The van der Waals surface area contributed by atoms with Gasteiger partial charge >= 0.3 is 0 Å². The van der Waals surface area contributed by atoms with E-state index in [0.29, 0.717) is 11.6 Å². The Morgan fingerprint density at radius 3 is 2.62 bits per heavy atom. The molecule has 1 N–H and O–H groups in total. The van der Waals surface area contributed by atoms with Crippen molar-refractivity contribution in [1.82, 2.24) is 29.8 Å². The topological polar surface area (TPSA) is 85.6 Å². The second-order valence-corrected chi connectivity index (χ2v) is 7.03. The Kier molecular flexibility index (Phi) is 5.25. The highest BCUT2D eigenvalue weighted by atomic mass is 16.2. The maximum absolute atomic E-state index is 12.6. The van der Waals surface area contributed by atoms with E-state index in [1.54, 1.807) is 12.4 Å². The van der Waals surface area contributed by atoms with Crippen molar-refractivity contribution < 1.29 is 4.79 Å². The van der Waals surface area contributed by atoms with Gasteiger partial charge in [0.15, 0.2) is 5.65 Å². The molecule has 0 unspecified atom stereocenters. The van der Waals surface area contributed by atoms with Gasteiger partial charge in [-0.15, -0.1) is 0 Å². The van der Waals surface area contributed by atoms with Gasteiger partial charge in [0.25, 0.3) is 5.91 Å². The van der Waals surface area contributed by atoms with Gasteiger partial charge in [-0.05, 0) is 38.3 Å². The number of hydrogen-bond acceptors (Lipinski definition) is 5. The third-order valence-corrected chi connectivity index (χ3v) is 4.11. The van der Waals surface area contributed by atoms with Crippen molar-refractivity contribution in [3.8, 4) is 0 Å². The Balaban J connectivity index is 2.01. The minimum absolute atomic E-state index is 0.174. The molecule has 3 heterocycles. The van der Waals surface area contributed by atoms with Crippen LogP contribution in [0.5, 0.6) is 0 Å². The first-order valence-corrected chi connectivity index (χ1v) is 8.87. The highest BCUT2D eigenvalue weighted by Crippen LogP contribution is 2.27. The molecule has 1 amide bonds. The lowest BCUT2D eigenvalue weighted by Gasteiger charge is -2.23. The largest absolute Gasteiger partial charge is 0.341 e. The van der Waals surface area contributed by atoms with Gasteiger partial charge in [-0.1, -0.05) is 13.8 Å². The average molecular weight is 352 g/mol. The summed E-state index contributed by atoms with van der Waals surface area (Å²) >= 11 is 0. The maximum Gasteiger partial charge on any atom is 0.272 e. The van der Waals surface area contributed by atoms with E-state index in [1.165, 1.54) is 12.4 Å². The summed E-state index contributed by atoms with van der Waals surface area (Å²) in [6.07, 6.45) is 7.06. The van der Waals surface area contributed by atoms with Crippen molar-refractivity contribution in [2.45, 2.75) is 46.2 Å². The van der Waals surface area contributed by atoms with Crippen molar-refractivity contribution >= 4 is 17.1 Å². The van der Waals surface area contributed by atoms with Gasteiger partial charge < -0.3 is 9.88 Å². The Morgan fingerprint density at radius 1 is 1.15 bits per heavy atom. The summed E-state index contributed by atoms with van der Waals surface area (Å²) in [5.41, 5.74) is 1.96. The quantitative estimate of drug-likeness (QED) is 0.735. The van der Waals surface area contributed by atoms with Crippen LogP contribution in [-0.4, -0.2) is 30.4 Å². The van der Waals surface area contributed by atoms with Crippen LogP contribution in [0.25, 0.3) is 11.2 Å². The lowest BCUT2D eigenvalue weighted by Crippen LogP contribution is -2.32. The monoisotopic (exact) mass is 352 g/mol. The predicted octanol–water partition coefficient (Wildman–Crippen LogP) is 3.32. The lowest BCUT2D eigenvalue weighted by atomic mass is 10.0. The van der Waals surface area contributed by atoms with E-state index >= 15 is 0 Å². The van der Waals surface area contributed by atoms with Crippen molar-refractivity contribution in [1.29, 1.82) is 0 Å². The van der Waals surface area contributed by atoms with Crippen LogP contribution in [-0.2, 0) is 0 Å². The van der Waals surface area contributed by atoms with Crippen LogP contribution in [0.1, 0.15) is 62.5 Å². The lowest BCUT2D eigenvalue weighted by molar-refractivity contribution is 0.0923. The minimum atomic E-state index is -0.251. The first kappa shape index (κ1) is 18.0. The molecule has 1 atom stereocenters. The molecule has 0 bridgehead atoms. The van der Waals surface area contributed by atoms with Crippen LogP contribution < -0.4 is 5.32 Å². The number of amides is 1. The molecule has 0 aliphatic heterocycles. The molecule has 0 aliphatic rings. The minimum Gasteiger partial charge on any atom is -0.341 e. The number of imidazole rings is 1. The summed E-state index contributed by atoms with van der Waals surface area (Å²) in [7, 11) is 0. The summed E-state index contributed by atoms with van der Waals surface area (Å²) < 4.78 is 2.10. The summed E-state index contributed by atoms with van der Waals surface area (Å²) in [5, 5.41) is 3.08. The van der Waals surface area contributed by atoms with Crippen LogP contribution in [0, 0.1) is 5.92 Å². The van der Waals surface area contributed by atoms with Gasteiger partial charge in [0.2, 0.25) is 0 Å². The van der Waals surface area contributed by atoms with E-state index < -0.39 is 0 Å². The van der Waals surface area contributed by atoms with Gasteiger partial charge in [-0.3, -0.25) is 9.78 Å². The second kappa shape index (κ2) is 7.59. The maximum atomic E-state index is 12.6. The van der Waals surface area contributed by atoms with Gasteiger partial charge in [0, 0.05) is 24.6 Å². The van der Waals surface area contributed by atoms with Gasteiger partial charge in [0.1, 0.15) is 17.0 Å². The first-order valence-electron chi connectivity index (χ1n) is 8.87. The molecule has 7 nitrogen and oxygen atoms in total. The number of carbonyl (C=O) groups excluding carboxylic acids is 1. The van der Waals surface area contributed by atoms with Crippen molar-refractivity contribution in [3.63, 3.8) is 0 Å². The molecule has 3 rings (SSSR count). The standard InChI is InChI=1S/C19H24N6O/c1-12(2)10-15(24-19(26)16-11-20-8-9-21-16)18-23-14-6-5-7-22-17(14)25(18)13(3)4/h5-9,11-13,15H,10H2,1-4H3,(H,24,26)/t15-/m0/s1. The van der Waals surface area contributed by atoms with Gasteiger partial charge in [-0.25, -0.2) is 15.0 Å². The summed E-state index contributed by atoms with van der Waals surface area (Å²) in [4.78, 5) is 30.0. The van der Waals surface area contributed by atoms with E-state index in [0.717, 1.165) is 23.4 Å². The van der Waals surface area contributed by atoms with E-state index in [1.807, 2.05) is 12.1 Å². The predicted molar refractivity (Wildman–Crippen MR) is 99.6 cm³/mol. The van der Waals surface area contributed by atoms with E-state index in [4.69, 9.17) is 4.98 Å². The normalized spacial score (nSPS) is 12.7. The highest BCUT2D eigenvalue weighted by molar-refractivity contribution is 5.92. The molecule has 7 heteroatoms. The average Bonchev–Trinajstić information content (AvgIpc) is 3.01. The molecule has 0 aliphatic carbocycles. The molecule has 0 saturated heterocycles. The second-order valence-electron chi connectivity index (χ2n) is 7.03.